The molecule has 0 unspecified atom stereocenters. The van der Waals surface area contributed by atoms with Gasteiger partial charge in [0.15, 0.2) is 0 Å². The number of hydrogen-bond donors (Lipinski definition) is 1. The van der Waals surface area contributed by atoms with Crippen LogP contribution in [-0.2, 0) is 9.59 Å². The summed E-state index contributed by atoms with van der Waals surface area (Å²) in [5, 5.41) is 2.68. The Balaban J connectivity index is 1.67. The summed E-state index contributed by atoms with van der Waals surface area (Å²) in [5.41, 5.74) is 0.414. The third-order valence-corrected chi connectivity index (χ3v) is 4.84. The lowest BCUT2D eigenvalue weighted by atomic mass is 10.3. The van der Waals surface area contributed by atoms with Gasteiger partial charge in [-0.05, 0) is 42.1 Å². The van der Waals surface area contributed by atoms with Crippen LogP contribution in [0, 0.1) is 0 Å². The standard InChI is InChI=1S/C16H10Cl2N2O4S/c17-11-4-3-9(6-12(11)18)19-14(21)8-20-15(22)13(25-16(20)23)7-10-2-1-5-24-10/h1-7H,8H2,(H,19,21)/b13-7+. The van der Waals surface area contributed by atoms with E-state index in [0.717, 1.165) is 16.7 Å². The Morgan fingerprint density at radius 3 is 2.72 bits per heavy atom. The van der Waals surface area contributed by atoms with E-state index >= 15 is 0 Å². The number of nitrogens with zero attached hydrogens (tertiary/aromatic N) is 1. The van der Waals surface area contributed by atoms with Gasteiger partial charge in [0.1, 0.15) is 12.3 Å². The average molecular weight is 397 g/mol. The number of thioether (sulfide) groups is 1. The predicted molar refractivity (Wildman–Crippen MR) is 96.5 cm³/mol. The van der Waals surface area contributed by atoms with Crippen LogP contribution in [0.1, 0.15) is 5.76 Å². The fourth-order valence-electron chi connectivity index (χ4n) is 2.06. The van der Waals surface area contributed by atoms with Gasteiger partial charge in [0.25, 0.3) is 11.1 Å². The topological polar surface area (TPSA) is 79.6 Å². The third kappa shape index (κ3) is 4.07. The number of benzene rings is 1. The van der Waals surface area contributed by atoms with Crippen LogP contribution in [0.4, 0.5) is 10.5 Å². The Hall–Kier alpha value is -2.22. The molecule has 1 aliphatic heterocycles. The van der Waals surface area contributed by atoms with Crippen LogP contribution in [0.5, 0.6) is 0 Å². The van der Waals surface area contributed by atoms with E-state index in [2.05, 4.69) is 5.32 Å². The molecule has 6 nitrogen and oxygen atoms in total. The molecule has 2 heterocycles. The van der Waals surface area contributed by atoms with Crippen LogP contribution >= 0.6 is 35.0 Å². The van der Waals surface area contributed by atoms with Gasteiger partial charge in [-0.25, -0.2) is 0 Å². The fourth-order valence-corrected chi connectivity index (χ4v) is 3.17. The minimum atomic E-state index is -0.546. The molecule has 128 valence electrons. The van der Waals surface area contributed by atoms with Crippen LogP contribution in [-0.4, -0.2) is 28.5 Å². The van der Waals surface area contributed by atoms with Crippen molar-refractivity contribution in [1.82, 2.24) is 4.90 Å². The van der Waals surface area contributed by atoms with E-state index in [-0.39, 0.29) is 9.93 Å². The van der Waals surface area contributed by atoms with Gasteiger partial charge in [0.05, 0.1) is 21.2 Å². The first kappa shape index (κ1) is 17.6. The zero-order chi connectivity index (χ0) is 18.0. The van der Waals surface area contributed by atoms with E-state index in [9.17, 15) is 14.4 Å². The molecule has 1 saturated heterocycles. The summed E-state index contributed by atoms with van der Waals surface area (Å²) in [6.45, 7) is -0.402. The van der Waals surface area contributed by atoms with E-state index in [1.165, 1.54) is 24.5 Å². The van der Waals surface area contributed by atoms with Crippen molar-refractivity contribution in [3.63, 3.8) is 0 Å². The van der Waals surface area contributed by atoms with E-state index in [0.29, 0.717) is 16.5 Å². The summed E-state index contributed by atoms with van der Waals surface area (Å²) >= 11 is 12.4. The number of halogens is 2. The number of amides is 3. The van der Waals surface area contributed by atoms with Crippen LogP contribution in [0.15, 0.2) is 45.9 Å². The van der Waals surface area contributed by atoms with Crippen LogP contribution in [0.3, 0.4) is 0 Å². The maximum absolute atomic E-state index is 12.3. The van der Waals surface area contributed by atoms with Crippen molar-refractivity contribution in [1.29, 1.82) is 0 Å². The lowest BCUT2D eigenvalue weighted by Gasteiger charge is -2.12. The highest BCUT2D eigenvalue weighted by Crippen LogP contribution is 2.32. The quantitative estimate of drug-likeness (QED) is 0.780. The van der Waals surface area contributed by atoms with Crippen LogP contribution < -0.4 is 5.32 Å². The summed E-state index contributed by atoms with van der Waals surface area (Å²) in [4.78, 5) is 37.4. The molecule has 9 heteroatoms. The Morgan fingerprint density at radius 2 is 2.04 bits per heavy atom. The van der Waals surface area contributed by atoms with Gasteiger partial charge in [-0.2, -0.15) is 0 Å². The van der Waals surface area contributed by atoms with Gasteiger partial charge in [-0.3, -0.25) is 19.3 Å². The highest BCUT2D eigenvalue weighted by molar-refractivity contribution is 8.18. The van der Waals surface area contributed by atoms with Gasteiger partial charge >= 0.3 is 0 Å². The lowest BCUT2D eigenvalue weighted by molar-refractivity contribution is -0.127. The molecule has 0 radical (unpaired) electrons. The monoisotopic (exact) mass is 396 g/mol. The first-order valence-corrected chi connectivity index (χ1v) is 8.55. The van der Waals surface area contributed by atoms with Crippen LogP contribution in [0.25, 0.3) is 6.08 Å². The molecule has 25 heavy (non-hydrogen) atoms. The molecule has 0 bridgehead atoms. The van der Waals surface area contributed by atoms with Crippen molar-refractivity contribution in [3.05, 3.63) is 57.3 Å². The number of hydrogen-bond acceptors (Lipinski definition) is 5. The summed E-state index contributed by atoms with van der Waals surface area (Å²) in [6, 6.07) is 7.90. The zero-order valence-corrected chi connectivity index (χ0v) is 14.8. The third-order valence-electron chi connectivity index (χ3n) is 3.20. The van der Waals surface area contributed by atoms with E-state index in [4.69, 9.17) is 27.6 Å². The normalized spacial score (nSPS) is 15.9. The van der Waals surface area contributed by atoms with Crippen molar-refractivity contribution in [3.8, 4) is 0 Å². The second-order valence-electron chi connectivity index (χ2n) is 4.96. The van der Waals surface area contributed by atoms with Gasteiger partial charge in [-0.1, -0.05) is 23.2 Å². The molecular formula is C16H10Cl2N2O4S. The SMILES string of the molecule is O=C(CN1C(=O)S/C(=C/c2ccco2)C1=O)Nc1ccc(Cl)c(Cl)c1. The zero-order valence-electron chi connectivity index (χ0n) is 12.5. The second kappa shape index (κ2) is 7.35. The van der Waals surface area contributed by atoms with E-state index < -0.39 is 23.6 Å². The van der Waals surface area contributed by atoms with Gasteiger partial charge in [0.2, 0.25) is 5.91 Å². The smallest absolute Gasteiger partial charge is 0.294 e. The molecule has 1 fully saturated rings. The summed E-state index contributed by atoms with van der Waals surface area (Å²) < 4.78 is 5.12. The molecule has 1 aromatic carbocycles. The molecule has 0 aliphatic carbocycles. The number of carbonyl (C=O) groups is 3. The number of nitrogens with one attached hydrogen (secondary N) is 1. The molecule has 2 aromatic rings. The van der Waals surface area contributed by atoms with Gasteiger partial charge < -0.3 is 9.73 Å². The van der Waals surface area contributed by atoms with E-state index in [1.807, 2.05) is 0 Å². The summed E-state index contributed by atoms with van der Waals surface area (Å²) in [7, 11) is 0. The number of carbonyl (C=O) groups excluding carboxylic acids is 3. The highest BCUT2D eigenvalue weighted by atomic mass is 35.5. The Bertz CT molecular complexity index is 880. The van der Waals surface area contributed by atoms with Gasteiger partial charge in [-0.15, -0.1) is 0 Å². The molecule has 3 amide bonds. The van der Waals surface area contributed by atoms with E-state index in [1.54, 1.807) is 18.2 Å². The first-order chi connectivity index (χ1) is 11.9. The largest absolute Gasteiger partial charge is 0.465 e. The number of rotatable bonds is 4. The molecule has 0 spiro atoms. The summed E-state index contributed by atoms with van der Waals surface area (Å²) in [5.74, 6) is -0.624. The van der Waals surface area contributed by atoms with Gasteiger partial charge in [0, 0.05) is 11.8 Å². The van der Waals surface area contributed by atoms with Crippen molar-refractivity contribution in [2.45, 2.75) is 0 Å². The van der Waals surface area contributed by atoms with Crippen molar-refractivity contribution >= 4 is 63.8 Å². The molecule has 1 N–H and O–H groups in total. The maximum Gasteiger partial charge on any atom is 0.294 e. The average Bonchev–Trinajstić information content (AvgIpc) is 3.15. The Kier molecular flexibility index (Phi) is 5.17. The molecule has 1 aromatic heterocycles. The Morgan fingerprint density at radius 1 is 1.24 bits per heavy atom. The van der Waals surface area contributed by atoms with Crippen molar-refractivity contribution in [2.75, 3.05) is 11.9 Å². The molecule has 3 rings (SSSR count). The predicted octanol–water partition coefficient (Wildman–Crippen LogP) is 4.26. The minimum absolute atomic E-state index is 0.197. The van der Waals surface area contributed by atoms with Crippen molar-refractivity contribution < 1.29 is 18.8 Å². The number of anilines is 1. The van der Waals surface area contributed by atoms with Crippen LogP contribution in [0.2, 0.25) is 10.0 Å². The highest BCUT2D eigenvalue weighted by Gasteiger charge is 2.36. The van der Waals surface area contributed by atoms with Crippen molar-refractivity contribution in [2.24, 2.45) is 0 Å². The maximum atomic E-state index is 12.3. The first-order valence-electron chi connectivity index (χ1n) is 6.98. The molecule has 0 saturated carbocycles. The molecule has 1 aliphatic rings. The molecule has 0 atom stereocenters. The number of furan rings is 1. The second-order valence-corrected chi connectivity index (χ2v) is 6.77. The summed E-state index contributed by atoms with van der Waals surface area (Å²) in [6.07, 6.45) is 2.92. The Labute approximate surface area is 156 Å². The fraction of sp³-hybridized carbons (Fsp3) is 0.0625. The molecular weight excluding hydrogens is 387 g/mol. The minimum Gasteiger partial charge on any atom is -0.465 e. The lowest BCUT2D eigenvalue weighted by Crippen LogP contribution is -2.36. The number of imide groups is 1.